The van der Waals surface area contributed by atoms with Gasteiger partial charge < -0.3 is 9.31 Å². The van der Waals surface area contributed by atoms with E-state index >= 15 is 0 Å². The van der Waals surface area contributed by atoms with Crippen LogP contribution < -0.4 is 0 Å². The summed E-state index contributed by atoms with van der Waals surface area (Å²) in [5, 5.41) is 0. The molecule has 4 heteroatoms. The van der Waals surface area contributed by atoms with Gasteiger partial charge in [0.1, 0.15) is 0 Å². The summed E-state index contributed by atoms with van der Waals surface area (Å²) in [5.74, 6) is 2.16. The van der Waals surface area contributed by atoms with Crippen LogP contribution in [0.15, 0.2) is 29.9 Å². The molecule has 0 bridgehead atoms. The van der Waals surface area contributed by atoms with Gasteiger partial charge in [-0.2, -0.15) is 0 Å². The van der Waals surface area contributed by atoms with Crippen LogP contribution in [0, 0.1) is 0 Å². The van der Waals surface area contributed by atoms with E-state index in [2.05, 4.69) is 44.7 Å². The van der Waals surface area contributed by atoms with E-state index < -0.39 is 0 Å². The van der Waals surface area contributed by atoms with Crippen molar-refractivity contribution in [2.75, 3.05) is 0 Å². The van der Waals surface area contributed by atoms with Gasteiger partial charge in [-0.3, -0.25) is 4.98 Å². The molecule has 2 heterocycles. The monoisotopic (exact) mass is 271 g/mol. The Morgan fingerprint density at radius 3 is 2.55 bits per heavy atom. The molecule has 3 nitrogen and oxygen atoms in total. The molecule has 0 amide bonds. The summed E-state index contributed by atoms with van der Waals surface area (Å²) in [6.45, 7) is 8.36. The normalized spacial score (nSPS) is 25.8. The van der Waals surface area contributed by atoms with Crippen molar-refractivity contribution in [1.29, 1.82) is 0 Å². The SMILES string of the molecule is CC1(C)OB(C=C2CCc3ncccc3C2)OC1(C)C. The minimum absolute atomic E-state index is 0.228. The average Bonchev–Trinajstić information content (AvgIpc) is 2.57. The first-order valence-corrected chi connectivity index (χ1v) is 7.35. The van der Waals surface area contributed by atoms with Crippen LogP contribution in [0.5, 0.6) is 0 Å². The molecule has 1 aliphatic carbocycles. The maximum atomic E-state index is 6.04. The molecule has 0 N–H and O–H groups in total. The smallest absolute Gasteiger partial charge is 0.400 e. The van der Waals surface area contributed by atoms with Crippen LogP contribution in [0.2, 0.25) is 0 Å². The van der Waals surface area contributed by atoms with Crippen molar-refractivity contribution < 1.29 is 9.31 Å². The van der Waals surface area contributed by atoms with Crippen molar-refractivity contribution in [2.24, 2.45) is 0 Å². The second kappa shape index (κ2) is 4.71. The van der Waals surface area contributed by atoms with E-state index in [0.717, 1.165) is 19.3 Å². The molecule has 20 heavy (non-hydrogen) atoms. The highest BCUT2D eigenvalue weighted by atomic mass is 16.7. The predicted octanol–water partition coefficient (Wildman–Crippen LogP) is 3.13. The Morgan fingerprint density at radius 1 is 1.15 bits per heavy atom. The number of aromatic nitrogens is 1. The second-order valence-corrected chi connectivity index (χ2v) is 6.74. The third-order valence-electron chi connectivity index (χ3n) is 4.73. The minimum Gasteiger partial charge on any atom is -0.400 e. The molecule has 0 saturated carbocycles. The lowest BCUT2D eigenvalue weighted by atomic mass is 9.81. The van der Waals surface area contributed by atoms with Crippen molar-refractivity contribution in [1.82, 2.24) is 4.98 Å². The zero-order chi connectivity index (χ0) is 14.4. The van der Waals surface area contributed by atoms with E-state index in [1.165, 1.54) is 16.8 Å². The van der Waals surface area contributed by atoms with Gasteiger partial charge in [0.05, 0.1) is 11.2 Å². The first-order chi connectivity index (χ1) is 9.37. The lowest BCUT2D eigenvalue weighted by Gasteiger charge is -2.32. The fraction of sp³-hybridized carbons (Fsp3) is 0.562. The Labute approximate surface area is 121 Å². The van der Waals surface area contributed by atoms with E-state index in [9.17, 15) is 0 Å². The molecule has 1 saturated heterocycles. The van der Waals surface area contributed by atoms with Crippen LogP contribution in [0.4, 0.5) is 0 Å². The molecular formula is C16H22BNO2. The highest BCUT2D eigenvalue weighted by molar-refractivity contribution is 6.51. The molecule has 2 aliphatic rings. The van der Waals surface area contributed by atoms with E-state index in [1.54, 1.807) is 0 Å². The van der Waals surface area contributed by atoms with E-state index in [4.69, 9.17) is 9.31 Å². The molecule has 3 rings (SSSR count). The average molecular weight is 271 g/mol. The molecule has 0 spiro atoms. The van der Waals surface area contributed by atoms with Gasteiger partial charge in [-0.25, -0.2) is 0 Å². The van der Waals surface area contributed by atoms with Gasteiger partial charge in [0.15, 0.2) is 0 Å². The number of aryl methyl sites for hydroxylation is 1. The van der Waals surface area contributed by atoms with Gasteiger partial charge in [-0.15, -0.1) is 0 Å². The topological polar surface area (TPSA) is 31.4 Å². The van der Waals surface area contributed by atoms with Gasteiger partial charge in [0.25, 0.3) is 0 Å². The number of nitrogens with zero attached hydrogens (tertiary/aromatic N) is 1. The van der Waals surface area contributed by atoms with Crippen LogP contribution in [0.3, 0.4) is 0 Å². The quantitative estimate of drug-likeness (QED) is 0.735. The summed E-state index contributed by atoms with van der Waals surface area (Å²) in [7, 11) is -0.228. The van der Waals surface area contributed by atoms with Crippen LogP contribution in [0.1, 0.15) is 45.4 Å². The molecule has 1 aromatic rings. The highest BCUT2D eigenvalue weighted by Gasteiger charge is 2.50. The number of fused-ring (bicyclic) bond motifs is 1. The molecule has 0 unspecified atom stereocenters. The summed E-state index contributed by atoms with van der Waals surface area (Å²) in [4.78, 5) is 4.44. The van der Waals surface area contributed by atoms with Gasteiger partial charge in [0.2, 0.25) is 0 Å². The van der Waals surface area contributed by atoms with Gasteiger partial charge in [-0.05, 0) is 58.6 Å². The van der Waals surface area contributed by atoms with E-state index in [0.29, 0.717) is 0 Å². The predicted molar refractivity (Wildman–Crippen MR) is 80.4 cm³/mol. The number of allylic oxidation sites excluding steroid dienone is 1. The number of hydrogen-bond acceptors (Lipinski definition) is 3. The summed E-state index contributed by atoms with van der Waals surface area (Å²) < 4.78 is 12.1. The molecule has 106 valence electrons. The summed E-state index contributed by atoms with van der Waals surface area (Å²) >= 11 is 0. The number of rotatable bonds is 1. The van der Waals surface area contributed by atoms with Crippen molar-refractivity contribution in [2.45, 2.75) is 58.2 Å². The van der Waals surface area contributed by atoms with Crippen LogP contribution in [-0.4, -0.2) is 23.3 Å². The third kappa shape index (κ3) is 2.43. The van der Waals surface area contributed by atoms with Crippen LogP contribution in [0.25, 0.3) is 0 Å². The van der Waals surface area contributed by atoms with E-state index in [-0.39, 0.29) is 18.3 Å². The molecule has 1 aromatic heterocycles. The largest absolute Gasteiger partial charge is 0.487 e. The van der Waals surface area contributed by atoms with Crippen LogP contribution >= 0.6 is 0 Å². The lowest BCUT2D eigenvalue weighted by Crippen LogP contribution is -2.41. The first kappa shape index (κ1) is 13.8. The molecule has 1 aliphatic heterocycles. The van der Waals surface area contributed by atoms with Crippen molar-refractivity contribution in [3.63, 3.8) is 0 Å². The van der Waals surface area contributed by atoms with Crippen molar-refractivity contribution in [3.05, 3.63) is 41.1 Å². The van der Waals surface area contributed by atoms with Crippen LogP contribution in [-0.2, 0) is 22.2 Å². The lowest BCUT2D eigenvalue weighted by molar-refractivity contribution is 0.00578. The van der Waals surface area contributed by atoms with Crippen molar-refractivity contribution in [3.8, 4) is 0 Å². The first-order valence-electron chi connectivity index (χ1n) is 7.35. The zero-order valence-corrected chi connectivity index (χ0v) is 12.8. The maximum absolute atomic E-state index is 6.04. The Balaban J connectivity index is 1.76. The molecule has 0 radical (unpaired) electrons. The second-order valence-electron chi connectivity index (χ2n) is 6.74. The van der Waals surface area contributed by atoms with Gasteiger partial charge in [-0.1, -0.05) is 17.6 Å². The highest BCUT2D eigenvalue weighted by Crippen LogP contribution is 2.37. The fourth-order valence-corrected chi connectivity index (χ4v) is 2.76. The Hall–Kier alpha value is -1.13. The Morgan fingerprint density at radius 2 is 1.85 bits per heavy atom. The summed E-state index contributed by atoms with van der Waals surface area (Å²) in [5.41, 5.74) is 3.44. The summed E-state index contributed by atoms with van der Waals surface area (Å²) in [6, 6.07) is 4.18. The van der Waals surface area contributed by atoms with Gasteiger partial charge in [0, 0.05) is 11.9 Å². The van der Waals surface area contributed by atoms with E-state index in [1.807, 2.05) is 12.3 Å². The molecular weight excluding hydrogens is 249 g/mol. The molecule has 0 atom stereocenters. The fourth-order valence-electron chi connectivity index (χ4n) is 2.76. The number of hydrogen-bond donors (Lipinski definition) is 0. The minimum atomic E-state index is -0.261. The molecule has 1 fully saturated rings. The molecule has 0 aromatic carbocycles. The summed E-state index contributed by atoms with van der Waals surface area (Å²) in [6.07, 6.45) is 4.91. The van der Waals surface area contributed by atoms with Crippen molar-refractivity contribution >= 4 is 7.12 Å². The Kier molecular flexibility index (Phi) is 3.26. The maximum Gasteiger partial charge on any atom is 0.487 e. The van der Waals surface area contributed by atoms with Gasteiger partial charge >= 0.3 is 7.12 Å². The standard InChI is InChI=1S/C16H22BNO2/c1-15(2)16(3,4)20-17(19-15)11-12-7-8-14-13(10-12)6-5-9-18-14/h5-6,9,11H,7-8,10H2,1-4H3. The Bertz CT molecular complexity index is 535. The zero-order valence-electron chi connectivity index (χ0n) is 12.8. The third-order valence-corrected chi connectivity index (χ3v) is 4.73. The number of pyridine rings is 1.